The van der Waals surface area contributed by atoms with E-state index in [1.165, 1.54) is 0 Å². The Morgan fingerprint density at radius 1 is 1.25 bits per heavy atom. The van der Waals surface area contributed by atoms with Crippen LogP contribution < -0.4 is 10.6 Å². The van der Waals surface area contributed by atoms with Crippen molar-refractivity contribution in [1.29, 1.82) is 0 Å². The van der Waals surface area contributed by atoms with Gasteiger partial charge in [-0.3, -0.25) is 4.90 Å². The summed E-state index contributed by atoms with van der Waals surface area (Å²) in [7, 11) is 0. The van der Waals surface area contributed by atoms with Crippen molar-refractivity contribution in [2.75, 3.05) is 26.2 Å². The topological polar surface area (TPSA) is 64.6 Å². The number of hydrogen-bond donors (Lipinski definition) is 3. The van der Waals surface area contributed by atoms with Crippen LogP contribution in [0.15, 0.2) is 12.1 Å². The van der Waals surface area contributed by atoms with Crippen molar-refractivity contribution in [3.63, 3.8) is 0 Å². The molecule has 3 N–H and O–H groups in total. The Morgan fingerprint density at radius 3 is 2.29 bits per heavy atom. The number of halogens is 3. The zero-order chi connectivity index (χ0) is 18.3. The number of likely N-dealkylation sites (N-methyl/N-ethyl adjacent to an activating group) is 1. The summed E-state index contributed by atoms with van der Waals surface area (Å²) in [5.74, 6) is -4.34. The summed E-state index contributed by atoms with van der Waals surface area (Å²) in [6, 6.07) is 0.213. The number of aliphatic hydroxyl groups excluding tert-OH is 1. The number of aliphatic hydroxyl groups is 1. The molecule has 24 heavy (non-hydrogen) atoms. The lowest BCUT2D eigenvalue weighted by Gasteiger charge is -2.25. The molecule has 136 valence electrons. The molecule has 1 rings (SSSR count). The molecule has 8 heteroatoms. The predicted molar refractivity (Wildman–Crippen MR) is 85.1 cm³/mol. The van der Waals surface area contributed by atoms with Crippen molar-refractivity contribution >= 4 is 6.03 Å². The Bertz CT molecular complexity index is 532. The molecular weight excluding hydrogens is 323 g/mol. The van der Waals surface area contributed by atoms with E-state index in [0.717, 1.165) is 18.7 Å². The lowest BCUT2D eigenvalue weighted by atomic mass is 10.1. The summed E-state index contributed by atoms with van der Waals surface area (Å²) < 4.78 is 39.5. The molecule has 1 atom stereocenters. The van der Waals surface area contributed by atoms with E-state index in [9.17, 15) is 23.1 Å². The molecule has 5 nitrogen and oxygen atoms in total. The molecule has 1 aromatic carbocycles. The maximum absolute atomic E-state index is 13.2. The number of carbonyl (C=O) groups is 1. The van der Waals surface area contributed by atoms with E-state index >= 15 is 0 Å². The van der Waals surface area contributed by atoms with Gasteiger partial charge >= 0.3 is 6.03 Å². The smallest absolute Gasteiger partial charge is 0.315 e. The van der Waals surface area contributed by atoms with Crippen LogP contribution in [0.2, 0.25) is 0 Å². The third-order valence-electron chi connectivity index (χ3n) is 3.72. The standard InChI is InChI=1S/C16H24F3N3O2/c1-4-22(10(2)3)6-5-20-16(24)21-14(9-23)11-7-12(17)15(19)13(18)8-11/h7-8,10,14,23H,4-6,9H2,1-3H3,(H2,20,21,24). The van der Waals surface area contributed by atoms with Crippen LogP contribution in [0.1, 0.15) is 32.4 Å². The molecule has 2 amide bonds. The Balaban J connectivity index is 2.61. The molecule has 0 aliphatic carbocycles. The molecule has 0 saturated heterocycles. The lowest BCUT2D eigenvalue weighted by molar-refractivity contribution is 0.209. The summed E-state index contributed by atoms with van der Waals surface area (Å²) in [4.78, 5) is 14.0. The van der Waals surface area contributed by atoms with E-state index in [0.29, 0.717) is 19.1 Å². The zero-order valence-corrected chi connectivity index (χ0v) is 14.1. The van der Waals surface area contributed by atoms with Crippen molar-refractivity contribution in [3.8, 4) is 0 Å². The molecule has 1 unspecified atom stereocenters. The number of rotatable bonds is 8. The van der Waals surface area contributed by atoms with Gasteiger partial charge in [0.15, 0.2) is 17.5 Å². The van der Waals surface area contributed by atoms with E-state index in [-0.39, 0.29) is 5.56 Å². The van der Waals surface area contributed by atoms with Gasteiger partial charge in [0.25, 0.3) is 0 Å². The minimum absolute atomic E-state index is 0.0542. The van der Waals surface area contributed by atoms with Gasteiger partial charge in [-0.25, -0.2) is 18.0 Å². The van der Waals surface area contributed by atoms with Crippen LogP contribution in [-0.4, -0.2) is 48.3 Å². The molecule has 0 heterocycles. The molecule has 0 radical (unpaired) electrons. The predicted octanol–water partition coefficient (Wildman–Crippen LogP) is 2.17. The van der Waals surface area contributed by atoms with Gasteiger partial charge in [0.2, 0.25) is 0 Å². The van der Waals surface area contributed by atoms with Crippen molar-refractivity contribution in [2.45, 2.75) is 32.9 Å². The maximum atomic E-state index is 13.2. The van der Waals surface area contributed by atoms with Gasteiger partial charge in [-0.05, 0) is 38.1 Å². The van der Waals surface area contributed by atoms with Crippen molar-refractivity contribution in [1.82, 2.24) is 15.5 Å². The molecule has 0 aliphatic rings. The third kappa shape index (κ3) is 5.68. The summed E-state index contributed by atoms with van der Waals surface area (Å²) in [5.41, 5.74) is -0.0542. The highest BCUT2D eigenvalue weighted by molar-refractivity contribution is 5.74. The highest BCUT2D eigenvalue weighted by Crippen LogP contribution is 2.19. The van der Waals surface area contributed by atoms with Gasteiger partial charge in [-0.15, -0.1) is 0 Å². The summed E-state index contributed by atoms with van der Waals surface area (Å²) in [6.07, 6.45) is 0. The number of benzene rings is 1. The molecular formula is C16H24F3N3O2. The first-order valence-corrected chi connectivity index (χ1v) is 7.83. The fourth-order valence-corrected chi connectivity index (χ4v) is 2.31. The number of hydrogen-bond acceptors (Lipinski definition) is 3. The van der Waals surface area contributed by atoms with Gasteiger partial charge < -0.3 is 15.7 Å². The van der Waals surface area contributed by atoms with E-state index in [2.05, 4.69) is 15.5 Å². The van der Waals surface area contributed by atoms with Gasteiger partial charge in [0, 0.05) is 19.1 Å². The van der Waals surface area contributed by atoms with Gasteiger partial charge in [-0.2, -0.15) is 0 Å². The number of carbonyl (C=O) groups excluding carboxylic acids is 1. The zero-order valence-electron chi connectivity index (χ0n) is 14.1. The Kier molecular flexibility index (Phi) is 8.00. The highest BCUT2D eigenvalue weighted by atomic mass is 19.2. The highest BCUT2D eigenvalue weighted by Gasteiger charge is 2.18. The maximum Gasteiger partial charge on any atom is 0.315 e. The molecule has 0 spiro atoms. The van der Waals surface area contributed by atoms with Crippen molar-refractivity contribution in [2.24, 2.45) is 0 Å². The molecule has 0 saturated carbocycles. The van der Waals surface area contributed by atoms with Crippen LogP contribution in [0.4, 0.5) is 18.0 Å². The monoisotopic (exact) mass is 347 g/mol. The van der Waals surface area contributed by atoms with E-state index < -0.39 is 36.1 Å². The molecule has 1 aromatic rings. The molecule has 0 bridgehead atoms. The second kappa shape index (κ2) is 9.48. The summed E-state index contributed by atoms with van der Waals surface area (Å²) >= 11 is 0. The molecule has 0 fully saturated rings. The Morgan fingerprint density at radius 2 is 1.83 bits per heavy atom. The minimum atomic E-state index is -1.59. The number of nitrogens with zero attached hydrogens (tertiary/aromatic N) is 1. The second-order valence-corrected chi connectivity index (χ2v) is 5.66. The van der Waals surface area contributed by atoms with E-state index in [1.807, 2.05) is 20.8 Å². The normalized spacial score (nSPS) is 12.5. The average Bonchev–Trinajstić information content (AvgIpc) is 2.53. The second-order valence-electron chi connectivity index (χ2n) is 5.66. The first-order valence-electron chi connectivity index (χ1n) is 7.83. The van der Waals surface area contributed by atoms with Gasteiger partial charge in [-0.1, -0.05) is 6.92 Å². The van der Waals surface area contributed by atoms with Crippen molar-refractivity contribution < 1.29 is 23.1 Å². The van der Waals surface area contributed by atoms with E-state index in [1.54, 1.807) is 0 Å². The number of amides is 2. The Labute approximate surface area is 139 Å². The largest absolute Gasteiger partial charge is 0.394 e. The average molecular weight is 347 g/mol. The van der Waals surface area contributed by atoms with Crippen LogP contribution in [-0.2, 0) is 0 Å². The lowest BCUT2D eigenvalue weighted by Crippen LogP contribution is -2.43. The van der Waals surface area contributed by atoms with Crippen LogP contribution in [0.3, 0.4) is 0 Å². The van der Waals surface area contributed by atoms with Gasteiger partial charge in [0.1, 0.15) is 0 Å². The van der Waals surface area contributed by atoms with Crippen LogP contribution in [0.5, 0.6) is 0 Å². The minimum Gasteiger partial charge on any atom is -0.394 e. The fourth-order valence-electron chi connectivity index (χ4n) is 2.31. The summed E-state index contributed by atoms with van der Waals surface area (Å²) in [5, 5.41) is 14.3. The molecule has 0 aromatic heterocycles. The Hall–Kier alpha value is -1.80. The summed E-state index contributed by atoms with van der Waals surface area (Å²) in [6.45, 7) is 7.39. The number of nitrogens with one attached hydrogen (secondary N) is 2. The quantitative estimate of drug-likeness (QED) is 0.632. The third-order valence-corrected chi connectivity index (χ3v) is 3.72. The first-order chi connectivity index (χ1) is 11.3. The number of urea groups is 1. The van der Waals surface area contributed by atoms with Crippen LogP contribution in [0, 0.1) is 17.5 Å². The fraction of sp³-hybridized carbons (Fsp3) is 0.562. The van der Waals surface area contributed by atoms with Crippen molar-refractivity contribution in [3.05, 3.63) is 35.1 Å². The van der Waals surface area contributed by atoms with Crippen LogP contribution in [0.25, 0.3) is 0 Å². The van der Waals surface area contributed by atoms with Gasteiger partial charge in [0.05, 0.1) is 12.6 Å². The van der Waals surface area contributed by atoms with Crippen LogP contribution >= 0.6 is 0 Å². The van der Waals surface area contributed by atoms with E-state index in [4.69, 9.17) is 0 Å². The first kappa shape index (κ1) is 20.2. The SMILES string of the molecule is CCN(CCNC(=O)NC(CO)c1cc(F)c(F)c(F)c1)C(C)C. The molecule has 0 aliphatic heterocycles.